The minimum atomic E-state index is -3.42. The van der Waals surface area contributed by atoms with Gasteiger partial charge in [0.15, 0.2) is 0 Å². The molecule has 1 aliphatic heterocycles. The first-order valence-electron chi connectivity index (χ1n) is 6.85. The van der Waals surface area contributed by atoms with Gasteiger partial charge in [0.25, 0.3) is 10.2 Å². The first kappa shape index (κ1) is 14.6. The Kier molecular flexibility index (Phi) is 4.34. The van der Waals surface area contributed by atoms with Gasteiger partial charge in [0.2, 0.25) is 0 Å². The van der Waals surface area contributed by atoms with Gasteiger partial charge < -0.3 is 0 Å². The molecule has 5 nitrogen and oxygen atoms in total. The summed E-state index contributed by atoms with van der Waals surface area (Å²) in [5, 5.41) is 2.84. The molecule has 1 aromatic heterocycles. The van der Waals surface area contributed by atoms with Crippen LogP contribution in [-0.4, -0.2) is 30.8 Å². The molecule has 3 rings (SSSR count). The minimum Gasteiger partial charge on any atom is -0.250 e. The highest BCUT2D eigenvalue weighted by Crippen LogP contribution is 2.20. The molecule has 21 heavy (non-hydrogen) atoms. The Bertz CT molecular complexity index is 699. The van der Waals surface area contributed by atoms with Gasteiger partial charge in [-0.05, 0) is 17.5 Å². The van der Waals surface area contributed by atoms with Crippen LogP contribution in [0, 0.1) is 0 Å². The molecule has 1 N–H and O–H groups in total. The largest absolute Gasteiger partial charge is 0.279 e. The molecule has 0 atom stereocenters. The first-order chi connectivity index (χ1) is 10.1. The zero-order valence-corrected chi connectivity index (χ0v) is 13.2. The molecule has 2 aromatic rings. The van der Waals surface area contributed by atoms with Gasteiger partial charge >= 0.3 is 0 Å². The third-order valence-electron chi connectivity index (χ3n) is 3.54. The van der Waals surface area contributed by atoms with Gasteiger partial charge in [-0.25, -0.2) is 9.71 Å². The van der Waals surface area contributed by atoms with Crippen molar-refractivity contribution in [2.24, 2.45) is 0 Å². The molecule has 0 saturated heterocycles. The van der Waals surface area contributed by atoms with Crippen molar-refractivity contribution < 1.29 is 8.42 Å². The fraction of sp³-hybridized carbons (Fsp3) is 0.357. The van der Waals surface area contributed by atoms with E-state index < -0.39 is 10.2 Å². The summed E-state index contributed by atoms with van der Waals surface area (Å²) in [5.41, 5.74) is 2.33. The molecule has 0 amide bonds. The van der Waals surface area contributed by atoms with Crippen LogP contribution in [0.5, 0.6) is 0 Å². The number of rotatable bonds is 5. The van der Waals surface area contributed by atoms with Crippen LogP contribution < -0.4 is 4.72 Å². The topological polar surface area (TPSA) is 62.3 Å². The van der Waals surface area contributed by atoms with E-state index in [2.05, 4.69) is 15.8 Å². The lowest BCUT2D eigenvalue weighted by Gasteiger charge is -2.28. The van der Waals surface area contributed by atoms with Crippen LogP contribution in [0.4, 0.5) is 0 Å². The average Bonchev–Trinajstić information content (AvgIpc) is 3.00. The highest BCUT2D eigenvalue weighted by atomic mass is 32.2. The number of benzene rings is 1. The maximum Gasteiger partial charge on any atom is 0.279 e. The fourth-order valence-electron chi connectivity index (χ4n) is 2.43. The summed E-state index contributed by atoms with van der Waals surface area (Å²) in [7, 11) is -3.42. The van der Waals surface area contributed by atoms with Gasteiger partial charge in [-0.2, -0.15) is 12.7 Å². The average molecular weight is 323 g/mol. The number of hydrogen-bond acceptors (Lipinski definition) is 4. The predicted molar refractivity (Wildman–Crippen MR) is 83.3 cm³/mol. The van der Waals surface area contributed by atoms with Crippen LogP contribution in [0.25, 0.3) is 0 Å². The summed E-state index contributed by atoms with van der Waals surface area (Å²) < 4.78 is 28.8. The van der Waals surface area contributed by atoms with Crippen molar-refractivity contribution >= 4 is 21.5 Å². The molecule has 0 fully saturated rings. The Morgan fingerprint density at radius 2 is 2.10 bits per heavy atom. The Balaban J connectivity index is 1.61. The van der Waals surface area contributed by atoms with Crippen molar-refractivity contribution in [2.45, 2.75) is 19.4 Å². The van der Waals surface area contributed by atoms with E-state index in [0.29, 0.717) is 26.1 Å². The molecule has 0 unspecified atom stereocenters. The highest BCUT2D eigenvalue weighted by Gasteiger charge is 2.25. The van der Waals surface area contributed by atoms with Gasteiger partial charge in [-0.1, -0.05) is 24.3 Å². The van der Waals surface area contributed by atoms with Crippen molar-refractivity contribution in [2.75, 3.05) is 13.1 Å². The van der Waals surface area contributed by atoms with Gasteiger partial charge in [-0.15, -0.1) is 11.3 Å². The summed E-state index contributed by atoms with van der Waals surface area (Å²) in [6.45, 7) is 1.36. The standard InChI is InChI=1S/C14H17N3O2S2/c18-21(19,16-7-5-14-15-8-10-20-14)17-9-6-12-3-1-2-4-13(12)11-17/h1-4,8,10,16H,5-7,9,11H2. The first-order valence-corrected chi connectivity index (χ1v) is 9.17. The Labute approximate surface area is 128 Å². The lowest BCUT2D eigenvalue weighted by atomic mass is 10.0. The van der Waals surface area contributed by atoms with Gasteiger partial charge in [-0.3, -0.25) is 0 Å². The summed E-state index contributed by atoms with van der Waals surface area (Å²) >= 11 is 1.54. The fourth-order valence-corrected chi connectivity index (χ4v) is 4.23. The normalized spacial score (nSPS) is 15.8. The minimum absolute atomic E-state index is 0.383. The molecule has 0 saturated carbocycles. The Morgan fingerprint density at radius 1 is 1.29 bits per heavy atom. The number of hydrogen-bond donors (Lipinski definition) is 1. The van der Waals surface area contributed by atoms with E-state index in [1.54, 1.807) is 17.5 Å². The van der Waals surface area contributed by atoms with Gasteiger partial charge in [0.1, 0.15) is 0 Å². The summed E-state index contributed by atoms with van der Waals surface area (Å²) in [6, 6.07) is 8.00. The van der Waals surface area contributed by atoms with E-state index in [1.165, 1.54) is 9.87 Å². The number of nitrogens with zero attached hydrogens (tertiary/aromatic N) is 2. The molecule has 2 heterocycles. The highest BCUT2D eigenvalue weighted by molar-refractivity contribution is 7.87. The second-order valence-corrected chi connectivity index (χ2v) is 7.66. The summed E-state index contributed by atoms with van der Waals surface area (Å²) in [4.78, 5) is 4.15. The van der Waals surface area contributed by atoms with Crippen LogP contribution in [-0.2, 0) is 29.6 Å². The van der Waals surface area contributed by atoms with Crippen LogP contribution in [0.1, 0.15) is 16.1 Å². The van der Waals surface area contributed by atoms with E-state index in [9.17, 15) is 8.42 Å². The van der Waals surface area contributed by atoms with Gasteiger partial charge in [0, 0.05) is 37.6 Å². The lowest BCUT2D eigenvalue weighted by molar-refractivity contribution is 0.384. The van der Waals surface area contributed by atoms with Crippen LogP contribution in [0.2, 0.25) is 0 Å². The lowest BCUT2D eigenvalue weighted by Crippen LogP contribution is -2.43. The third-order valence-corrected chi connectivity index (χ3v) is 5.94. The van der Waals surface area contributed by atoms with Crippen LogP contribution >= 0.6 is 11.3 Å². The Hall–Kier alpha value is -1.28. The van der Waals surface area contributed by atoms with Gasteiger partial charge in [0.05, 0.1) is 5.01 Å². The van der Waals surface area contributed by atoms with Crippen molar-refractivity contribution in [3.8, 4) is 0 Å². The monoisotopic (exact) mass is 323 g/mol. The van der Waals surface area contributed by atoms with Crippen molar-refractivity contribution in [1.29, 1.82) is 0 Å². The number of nitrogens with one attached hydrogen (secondary N) is 1. The van der Waals surface area contributed by atoms with E-state index >= 15 is 0 Å². The quantitative estimate of drug-likeness (QED) is 0.909. The van der Waals surface area contributed by atoms with E-state index in [-0.39, 0.29) is 0 Å². The number of thiazole rings is 1. The summed E-state index contributed by atoms with van der Waals surface area (Å²) in [5.74, 6) is 0. The zero-order valence-electron chi connectivity index (χ0n) is 11.5. The second kappa shape index (κ2) is 6.23. The molecule has 112 valence electrons. The smallest absolute Gasteiger partial charge is 0.250 e. The molecular weight excluding hydrogens is 306 g/mol. The van der Waals surface area contributed by atoms with Crippen molar-refractivity contribution in [1.82, 2.24) is 14.0 Å². The van der Waals surface area contributed by atoms with Crippen molar-refractivity contribution in [3.05, 3.63) is 52.0 Å². The zero-order chi connectivity index (χ0) is 14.7. The molecule has 7 heteroatoms. The van der Waals surface area contributed by atoms with Crippen molar-refractivity contribution in [3.63, 3.8) is 0 Å². The molecular formula is C14H17N3O2S2. The molecule has 0 radical (unpaired) electrons. The van der Waals surface area contributed by atoms with E-state index in [0.717, 1.165) is 17.0 Å². The SMILES string of the molecule is O=S(=O)(NCCc1nccs1)N1CCc2ccccc2C1. The van der Waals surface area contributed by atoms with E-state index in [4.69, 9.17) is 0 Å². The molecule has 0 bridgehead atoms. The van der Waals surface area contributed by atoms with Crippen LogP contribution in [0.3, 0.4) is 0 Å². The maximum absolute atomic E-state index is 12.3. The third kappa shape index (κ3) is 3.49. The van der Waals surface area contributed by atoms with Crippen LogP contribution in [0.15, 0.2) is 35.8 Å². The molecule has 0 aliphatic carbocycles. The second-order valence-electron chi connectivity index (χ2n) is 4.93. The number of aromatic nitrogens is 1. The predicted octanol–water partition coefficient (Wildman–Crippen LogP) is 1.58. The molecule has 1 aromatic carbocycles. The summed E-state index contributed by atoms with van der Waals surface area (Å²) in [6.07, 6.45) is 3.13. The number of fused-ring (bicyclic) bond motifs is 1. The Morgan fingerprint density at radius 3 is 2.86 bits per heavy atom. The maximum atomic E-state index is 12.3. The van der Waals surface area contributed by atoms with E-state index in [1.807, 2.05) is 23.6 Å². The molecule has 1 aliphatic rings. The molecule has 0 spiro atoms.